The molecule has 2 aromatic rings. The molecule has 3 rings (SSSR count). The fourth-order valence-electron chi connectivity index (χ4n) is 2.85. The number of fused-ring (bicyclic) bond motifs is 1. The highest BCUT2D eigenvalue weighted by Crippen LogP contribution is 2.26. The number of primary amides is 1. The average molecular weight is 345 g/mol. The topological polar surface area (TPSA) is 92.5 Å². The fourth-order valence-corrected chi connectivity index (χ4v) is 3.92. The highest BCUT2D eigenvalue weighted by Gasteiger charge is 2.19. The number of para-hydroxylation sites is 1. The first-order chi connectivity index (χ1) is 11.5. The van der Waals surface area contributed by atoms with E-state index in [9.17, 15) is 13.2 Å². The lowest BCUT2D eigenvalue weighted by Crippen LogP contribution is -2.34. The molecule has 1 aliphatic rings. The zero-order chi connectivity index (χ0) is 17.2. The second-order valence-corrected chi connectivity index (χ2v) is 7.42. The van der Waals surface area contributed by atoms with Gasteiger partial charge in [0.25, 0.3) is 0 Å². The van der Waals surface area contributed by atoms with Crippen molar-refractivity contribution in [2.75, 3.05) is 24.5 Å². The Morgan fingerprint density at radius 3 is 2.75 bits per heavy atom. The molecule has 1 aliphatic heterocycles. The maximum atomic E-state index is 12.3. The molecule has 0 radical (unpaired) electrons. The molecular weight excluding hydrogens is 326 g/mol. The Balaban J connectivity index is 1.64. The maximum Gasteiger partial charge on any atom is 0.248 e. The molecule has 1 heterocycles. The van der Waals surface area contributed by atoms with Gasteiger partial charge in [-0.05, 0) is 36.2 Å². The van der Waals surface area contributed by atoms with Crippen LogP contribution in [-0.2, 0) is 16.4 Å². The van der Waals surface area contributed by atoms with Crippen LogP contribution in [0, 0.1) is 0 Å². The Morgan fingerprint density at radius 2 is 1.96 bits per heavy atom. The minimum atomic E-state index is -3.67. The molecule has 0 saturated carbocycles. The average Bonchev–Trinajstić information content (AvgIpc) is 2.98. The third-order valence-electron chi connectivity index (χ3n) is 4.09. The van der Waals surface area contributed by atoms with E-state index >= 15 is 0 Å². The van der Waals surface area contributed by atoms with E-state index in [0.29, 0.717) is 6.54 Å². The van der Waals surface area contributed by atoms with Crippen molar-refractivity contribution in [2.45, 2.75) is 11.3 Å². The van der Waals surface area contributed by atoms with Gasteiger partial charge in [-0.2, -0.15) is 0 Å². The Bertz CT molecular complexity index is 865. The van der Waals surface area contributed by atoms with Crippen molar-refractivity contribution in [2.24, 2.45) is 5.73 Å². The van der Waals surface area contributed by atoms with Crippen LogP contribution in [-0.4, -0.2) is 34.0 Å². The van der Waals surface area contributed by atoms with Crippen LogP contribution >= 0.6 is 0 Å². The molecule has 3 N–H and O–H groups in total. The minimum Gasteiger partial charge on any atom is -0.370 e. The van der Waals surface area contributed by atoms with E-state index in [4.69, 9.17) is 5.73 Å². The first-order valence-electron chi connectivity index (χ1n) is 7.70. The van der Waals surface area contributed by atoms with Crippen molar-refractivity contribution < 1.29 is 13.2 Å². The second-order valence-electron chi connectivity index (χ2n) is 5.66. The van der Waals surface area contributed by atoms with Crippen LogP contribution in [0.3, 0.4) is 0 Å². The summed E-state index contributed by atoms with van der Waals surface area (Å²) in [5.74, 6) is -0.652. The van der Waals surface area contributed by atoms with Gasteiger partial charge < -0.3 is 10.6 Å². The maximum absolute atomic E-state index is 12.3. The van der Waals surface area contributed by atoms with E-state index in [1.54, 1.807) is 0 Å². The monoisotopic (exact) mass is 345 g/mol. The number of anilines is 1. The van der Waals surface area contributed by atoms with Gasteiger partial charge in [0.05, 0.1) is 4.90 Å². The zero-order valence-electron chi connectivity index (χ0n) is 13.1. The van der Waals surface area contributed by atoms with Crippen molar-refractivity contribution in [1.29, 1.82) is 0 Å². The number of nitrogens with one attached hydrogen (secondary N) is 1. The van der Waals surface area contributed by atoms with Crippen molar-refractivity contribution in [3.8, 4) is 0 Å². The third-order valence-corrected chi connectivity index (χ3v) is 5.54. The van der Waals surface area contributed by atoms with E-state index in [-0.39, 0.29) is 17.0 Å². The van der Waals surface area contributed by atoms with Crippen LogP contribution < -0.4 is 15.4 Å². The highest BCUT2D eigenvalue weighted by molar-refractivity contribution is 7.89. The largest absolute Gasteiger partial charge is 0.370 e. The van der Waals surface area contributed by atoms with E-state index in [1.165, 1.54) is 29.8 Å². The summed E-state index contributed by atoms with van der Waals surface area (Å²) in [5.41, 5.74) is 7.81. The van der Waals surface area contributed by atoms with Gasteiger partial charge in [0, 0.05) is 30.9 Å². The Morgan fingerprint density at radius 1 is 1.17 bits per heavy atom. The van der Waals surface area contributed by atoms with Crippen LogP contribution in [0.25, 0.3) is 0 Å². The first-order valence-corrected chi connectivity index (χ1v) is 9.18. The molecule has 0 atom stereocenters. The standard InChI is InChI=1S/C17H19N3O3S/c18-17(21)14-5-3-6-15(12-14)24(22,23)19-9-11-20-10-8-13-4-1-2-7-16(13)20/h1-7,12,19H,8-11H2,(H2,18,21). The quantitative estimate of drug-likeness (QED) is 0.821. The molecule has 6 nitrogen and oxygen atoms in total. The lowest BCUT2D eigenvalue weighted by atomic mass is 10.2. The zero-order valence-corrected chi connectivity index (χ0v) is 13.9. The molecule has 24 heavy (non-hydrogen) atoms. The lowest BCUT2D eigenvalue weighted by Gasteiger charge is -2.19. The van der Waals surface area contributed by atoms with E-state index < -0.39 is 15.9 Å². The Hall–Kier alpha value is -2.38. The number of sulfonamides is 1. The van der Waals surface area contributed by atoms with Crippen LogP contribution in [0.15, 0.2) is 53.4 Å². The van der Waals surface area contributed by atoms with Crippen LogP contribution in [0.2, 0.25) is 0 Å². The van der Waals surface area contributed by atoms with E-state index in [2.05, 4.69) is 15.7 Å². The third kappa shape index (κ3) is 3.42. The summed E-state index contributed by atoms with van der Waals surface area (Å²) in [5, 5.41) is 0. The van der Waals surface area contributed by atoms with Gasteiger partial charge in [0.15, 0.2) is 0 Å². The molecule has 0 spiro atoms. The van der Waals surface area contributed by atoms with Crippen molar-refractivity contribution in [3.63, 3.8) is 0 Å². The summed E-state index contributed by atoms with van der Waals surface area (Å²) in [6.45, 7) is 1.77. The molecular formula is C17H19N3O3S. The Kier molecular flexibility index (Phi) is 4.55. The highest BCUT2D eigenvalue weighted by atomic mass is 32.2. The number of hydrogen-bond donors (Lipinski definition) is 2. The van der Waals surface area contributed by atoms with E-state index in [1.807, 2.05) is 18.2 Å². The molecule has 0 unspecified atom stereocenters. The van der Waals surface area contributed by atoms with Gasteiger partial charge in [-0.25, -0.2) is 13.1 Å². The summed E-state index contributed by atoms with van der Waals surface area (Å²) in [6, 6.07) is 13.9. The summed E-state index contributed by atoms with van der Waals surface area (Å²) < 4.78 is 27.3. The van der Waals surface area contributed by atoms with E-state index in [0.717, 1.165) is 18.7 Å². The number of carbonyl (C=O) groups is 1. The fraction of sp³-hybridized carbons (Fsp3) is 0.235. The SMILES string of the molecule is NC(=O)c1cccc(S(=O)(=O)NCCN2CCc3ccccc32)c1. The van der Waals surface area contributed by atoms with Crippen molar-refractivity contribution in [3.05, 3.63) is 59.7 Å². The number of amides is 1. The van der Waals surface area contributed by atoms with Crippen LogP contribution in [0.4, 0.5) is 5.69 Å². The Labute approximate surface area is 141 Å². The number of rotatable bonds is 6. The van der Waals surface area contributed by atoms with Gasteiger partial charge in [-0.15, -0.1) is 0 Å². The first kappa shape index (κ1) is 16.5. The molecule has 0 aromatic heterocycles. The summed E-state index contributed by atoms with van der Waals surface area (Å²) >= 11 is 0. The molecule has 1 amide bonds. The molecule has 2 aromatic carbocycles. The summed E-state index contributed by atoms with van der Waals surface area (Å²) in [6.07, 6.45) is 0.976. The molecule has 0 bridgehead atoms. The normalized spacial score (nSPS) is 13.8. The number of benzene rings is 2. The van der Waals surface area contributed by atoms with Crippen molar-refractivity contribution >= 4 is 21.6 Å². The van der Waals surface area contributed by atoms with Crippen molar-refractivity contribution in [1.82, 2.24) is 4.72 Å². The van der Waals surface area contributed by atoms with Gasteiger partial charge in [0.2, 0.25) is 15.9 Å². The lowest BCUT2D eigenvalue weighted by molar-refractivity contribution is 0.1000. The molecule has 7 heteroatoms. The molecule has 0 fully saturated rings. The van der Waals surface area contributed by atoms with Gasteiger partial charge in [0.1, 0.15) is 0 Å². The number of nitrogens with zero attached hydrogens (tertiary/aromatic N) is 1. The van der Waals surface area contributed by atoms with Gasteiger partial charge in [-0.3, -0.25) is 4.79 Å². The predicted molar refractivity (Wildman–Crippen MR) is 92.5 cm³/mol. The molecule has 0 saturated heterocycles. The molecule has 126 valence electrons. The van der Waals surface area contributed by atoms with Crippen LogP contribution in [0.5, 0.6) is 0 Å². The summed E-state index contributed by atoms with van der Waals surface area (Å²) in [4.78, 5) is 13.4. The second kappa shape index (κ2) is 6.62. The minimum absolute atomic E-state index is 0.0422. The van der Waals surface area contributed by atoms with Crippen LogP contribution in [0.1, 0.15) is 15.9 Å². The number of hydrogen-bond acceptors (Lipinski definition) is 4. The predicted octanol–water partition coefficient (Wildman–Crippen LogP) is 1.13. The van der Waals surface area contributed by atoms with Gasteiger partial charge >= 0.3 is 0 Å². The molecule has 0 aliphatic carbocycles. The number of nitrogens with two attached hydrogens (primary N) is 1. The van der Waals surface area contributed by atoms with Gasteiger partial charge in [-0.1, -0.05) is 24.3 Å². The number of carbonyl (C=O) groups excluding carboxylic acids is 1. The summed E-state index contributed by atoms with van der Waals surface area (Å²) in [7, 11) is -3.67. The smallest absolute Gasteiger partial charge is 0.248 e.